The van der Waals surface area contributed by atoms with Crippen molar-refractivity contribution in [2.75, 3.05) is 19.7 Å². The Morgan fingerprint density at radius 3 is 2.81 bits per heavy atom. The van der Waals surface area contributed by atoms with Crippen LogP contribution in [0.2, 0.25) is 0 Å². The lowest BCUT2D eigenvalue weighted by Gasteiger charge is -2.42. The number of piperidine rings is 1. The first-order chi connectivity index (χ1) is 12.5. The van der Waals surface area contributed by atoms with Gasteiger partial charge in [-0.15, -0.1) is 0 Å². The summed E-state index contributed by atoms with van der Waals surface area (Å²) >= 11 is 0. The lowest BCUT2D eigenvalue weighted by Crippen LogP contribution is -2.49. The second-order valence-electron chi connectivity index (χ2n) is 7.17. The largest absolute Gasteiger partial charge is 0.370 e. The molecule has 0 unspecified atom stereocenters. The number of hydrogen-bond acceptors (Lipinski definition) is 3. The minimum absolute atomic E-state index is 0.0512. The standard InChI is InChI=1S/C20H21FN2O3/c1-13-4-9-26-20(11-13)5-7-23(8-6-20)19(25)16-12-22-17-3-2-14(21)10-15(17)18(16)24/h2-3,10-12H,4-9H2,1H3,(H,22,24). The van der Waals surface area contributed by atoms with Gasteiger partial charge in [-0.25, -0.2) is 4.39 Å². The van der Waals surface area contributed by atoms with Crippen LogP contribution in [0.15, 0.2) is 40.8 Å². The molecule has 1 aromatic heterocycles. The zero-order valence-electron chi connectivity index (χ0n) is 14.7. The summed E-state index contributed by atoms with van der Waals surface area (Å²) in [7, 11) is 0. The first-order valence-corrected chi connectivity index (χ1v) is 8.90. The SMILES string of the molecule is CC1=CC2(CCN(C(=O)c3c[nH]c4ccc(F)cc4c3=O)CC2)OCC1. The van der Waals surface area contributed by atoms with Crippen molar-refractivity contribution in [1.29, 1.82) is 0 Å². The van der Waals surface area contributed by atoms with Crippen LogP contribution in [0, 0.1) is 5.82 Å². The van der Waals surface area contributed by atoms with Gasteiger partial charge < -0.3 is 14.6 Å². The summed E-state index contributed by atoms with van der Waals surface area (Å²) in [5.41, 5.74) is 1.17. The van der Waals surface area contributed by atoms with E-state index in [2.05, 4.69) is 18.0 Å². The molecule has 0 bridgehead atoms. The highest BCUT2D eigenvalue weighted by molar-refractivity contribution is 5.97. The maximum absolute atomic E-state index is 13.5. The molecule has 0 atom stereocenters. The van der Waals surface area contributed by atoms with Crippen molar-refractivity contribution in [3.05, 3.63) is 57.6 Å². The van der Waals surface area contributed by atoms with Gasteiger partial charge in [-0.05, 0) is 44.4 Å². The van der Waals surface area contributed by atoms with Gasteiger partial charge in [0, 0.05) is 30.2 Å². The van der Waals surface area contributed by atoms with Gasteiger partial charge in [-0.2, -0.15) is 0 Å². The summed E-state index contributed by atoms with van der Waals surface area (Å²) in [6.07, 6.45) is 6.00. The molecule has 1 aromatic carbocycles. The van der Waals surface area contributed by atoms with Gasteiger partial charge in [-0.1, -0.05) is 11.6 Å². The van der Waals surface area contributed by atoms with Crippen molar-refractivity contribution in [2.24, 2.45) is 0 Å². The molecule has 26 heavy (non-hydrogen) atoms. The van der Waals surface area contributed by atoms with Gasteiger partial charge in [0.15, 0.2) is 0 Å². The number of carbonyl (C=O) groups excluding carboxylic acids is 1. The molecule has 0 aliphatic carbocycles. The molecule has 1 fully saturated rings. The molecular formula is C20H21FN2O3. The van der Waals surface area contributed by atoms with Gasteiger partial charge in [0.2, 0.25) is 5.43 Å². The Morgan fingerprint density at radius 2 is 2.08 bits per heavy atom. The second kappa shape index (κ2) is 6.36. The van der Waals surface area contributed by atoms with Crippen LogP contribution in [-0.4, -0.2) is 41.1 Å². The number of ether oxygens (including phenoxy) is 1. The smallest absolute Gasteiger partial charge is 0.259 e. The highest BCUT2D eigenvalue weighted by atomic mass is 19.1. The molecule has 6 heteroatoms. The molecule has 0 radical (unpaired) electrons. The fourth-order valence-electron chi connectivity index (χ4n) is 3.88. The fourth-order valence-corrected chi connectivity index (χ4v) is 3.88. The van der Waals surface area contributed by atoms with E-state index >= 15 is 0 Å². The summed E-state index contributed by atoms with van der Waals surface area (Å²) in [4.78, 5) is 30.1. The van der Waals surface area contributed by atoms with Gasteiger partial charge >= 0.3 is 0 Å². The normalized spacial score (nSPS) is 19.6. The zero-order valence-corrected chi connectivity index (χ0v) is 14.7. The first kappa shape index (κ1) is 17.0. The number of carbonyl (C=O) groups is 1. The van der Waals surface area contributed by atoms with Crippen LogP contribution in [0.1, 0.15) is 36.5 Å². The number of amides is 1. The highest BCUT2D eigenvalue weighted by Crippen LogP contribution is 2.33. The molecule has 1 amide bonds. The summed E-state index contributed by atoms with van der Waals surface area (Å²) in [6, 6.07) is 3.95. The molecule has 2 aliphatic rings. The summed E-state index contributed by atoms with van der Waals surface area (Å²) in [6.45, 7) is 3.88. The van der Waals surface area contributed by atoms with Gasteiger partial charge in [0.1, 0.15) is 11.4 Å². The van der Waals surface area contributed by atoms with Crippen LogP contribution in [0.4, 0.5) is 4.39 Å². The van der Waals surface area contributed by atoms with Crippen molar-refractivity contribution < 1.29 is 13.9 Å². The van der Waals surface area contributed by atoms with Gasteiger partial charge in [0.05, 0.1) is 12.2 Å². The quantitative estimate of drug-likeness (QED) is 0.799. The van der Waals surface area contributed by atoms with Crippen molar-refractivity contribution in [3.8, 4) is 0 Å². The Hall–Kier alpha value is -2.47. The Balaban J connectivity index is 1.58. The van der Waals surface area contributed by atoms with Crippen molar-refractivity contribution in [1.82, 2.24) is 9.88 Å². The molecule has 4 rings (SSSR count). The lowest BCUT2D eigenvalue weighted by molar-refractivity contribution is -0.0522. The number of nitrogens with zero attached hydrogens (tertiary/aromatic N) is 1. The number of H-pyrrole nitrogens is 1. The molecule has 1 spiro atoms. The predicted molar refractivity (Wildman–Crippen MR) is 96.7 cm³/mol. The van der Waals surface area contributed by atoms with E-state index in [9.17, 15) is 14.0 Å². The number of benzene rings is 1. The Labute approximate surface area is 150 Å². The van der Waals surface area contributed by atoms with Crippen LogP contribution >= 0.6 is 0 Å². The predicted octanol–water partition coefficient (Wildman–Crippen LogP) is 3.01. The molecule has 2 aliphatic heterocycles. The monoisotopic (exact) mass is 356 g/mol. The molecule has 2 aromatic rings. The van der Waals surface area contributed by atoms with Crippen molar-refractivity contribution >= 4 is 16.8 Å². The average molecular weight is 356 g/mol. The van der Waals surface area contributed by atoms with Crippen LogP contribution in [0.5, 0.6) is 0 Å². The topological polar surface area (TPSA) is 62.4 Å². The maximum atomic E-state index is 13.5. The van der Waals surface area contributed by atoms with E-state index in [0.717, 1.165) is 19.3 Å². The van der Waals surface area contributed by atoms with Crippen LogP contribution in [0.25, 0.3) is 10.9 Å². The van der Waals surface area contributed by atoms with E-state index in [0.29, 0.717) is 25.2 Å². The van der Waals surface area contributed by atoms with E-state index in [4.69, 9.17) is 4.74 Å². The second-order valence-corrected chi connectivity index (χ2v) is 7.17. The summed E-state index contributed by atoms with van der Waals surface area (Å²) in [5, 5.41) is 0.193. The molecule has 1 saturated heterocycles. The van der Waals surface area contributed by atoms with E-state index < -0.39 is 11.2 Å². The van der Waals surface area contributed by atoms with E-state index in [1.54, 1.807) is 4.90 Å². The molecule has 136 valence electrons. The number of nitrogens with one attached hydrogen (secondary N) is 1. The Kier molecular flexibility index (Phi) is 4.15. The third-order valence-corrected chi connectivity index (χ3v) is 5.37. The third-order valence-electron chi connectivity index (χ3n) is 5.37. The zero-order chi connectivity index (χ0) is 18.3. The van der Waals surface area contributed by atoms with E-state index in [1.807, 2.05) is 0 Å². The van der Waals surface area contributed by atoms with Crippen LogP contribution < -0.4 is 5.43 Å². The molecule has 0 saturated carbocycles. The number of rotatable bonds is 1. The third kappa shape index (κ3) is 2.94. The maximum Gasteiger partial charge on any atom is 0.259 e. The number of aromatic amines is 1. The minimum Gasteiger partial charge on any atom is -0.370 e. The van der Waals surface area contributed by atoms with E-state index in [-0.39, 0.29) is 22.5 Å². The number of halogens is 1. The minimum atomic E-state index is -0.496. The average Bonchev–Trinajstić information content (AvgIpc) is 2.62. The number of pyridine rings is 1. The first-order valence-electron chi connectivity index (χ1n) is 8.90. The number of aromatic nitrogens is 1. The van der Waals surface area contributed by atoms with Crippen LogP contribution in [0.3, 0.4) is 0 Å². The summed E-state index contributed by atoms with van der Waals surface area (Å²) < 4.78 is 19.5. The Morgan fingerprint density at radius 1 is 1.31 bits per heavy atom. The van der Waals surface area contributed by atoms with Crippen molar-refractivity contribution in [2.45, 2.75) is 31.8 Å². The van der Waals surface area contributed by atoms with E-state index in [1.165, 1.54) is 30.0 Å². The Bertz CT molecular complexity index is 955. The highest BCUT2D eigenvalue weighted by Gasteiger charge is 2.37. The van der Waals surface area contributed by atoms with Crippen LogP contribution in [-0.2, 0) is 4.74 Å². The fraction of sp³-hybridized carbons (Fsp3) is 0.400. The number of fused-ring (bicyclic) bond motifs is 1. The van der Waals surface area contributed by atoms with Gasteiger partial charge in [-0.3, -0.25) is 9.59 Å². The summed E-state index contributed by atoms with van der Waals surface area (Å²) in [5.74, 6) is -0.812. The number of likely N-dealkylation sites (tertiary alicyclic amines) is 1. The van der Waals surface area contributed by atoms with Crippen molar-refractivity contribution in [3.63, 3.8) is 0 Å². The molecular weight excluding hydrogens is 335 g/mol. The lowest BCUT2D eigenvalue weighted by atomic mass is 9.87. The molecule has 1 N–H and O–H groups in total. The molecule has 5 nitrogen and oxygen atoms in total. The van der Waals surface area contributed by atoms with Gasteiger partial charge in [0.25, 0.3) is 5.91 Å². The molecule has 3 heterocycles. The number of hydrogen-bond donors (Lipinski definition) is 1.